The van der Waals surface area contributed by atoms with E-state index in [4.69, 9.17) is 0 Å². The quantitative estimate of drug-likeness (QED) is 0.801. The molecule has 1 amide bonds. The minimum Gasteiger partial charge on any atom is -0.351 e. The van der Waals surface area contributed by atoms with Gasteiger partial charge in [0.05, 0.1) is 11.9 Å². The van der Waals surface area contributed by atoms with Crippen molar-refractivity contribution in [2.24, 2.45) is 0 Å². The molecule has 8 heteroatoms. The van der Waals surface area contributed by atoms with Gasteiger partial charge in [-0.05, 0) is 30.8 Å². The normalized spacial score (nSPS) is 11.5. The minimum absolute atomic E-state index is 0.182. The third kappa shape index (κ3) is 4.32. The molecule has 0 radical (unpaired) electrons. The number of aromatic nitrogens is 2. The largest absolute Gasteiger partial charge is 0.433 e. The maximum absolute atomic E-state index is 12.9. The van der Waals surface area contributed by atoms with Crippen molar-refractivity contribution in [1.29, 1.82) is 0 Å². The first kappa shape index (κ1) is 17.0. The number of hydrogen-bond donors (Lipinski definition) is 2. The second kappa shape index (κ2) is 7.28. The summed E-state index contributed by atoms with van der Waals surface area (Å²) in [6, 6.07) is 6.81. The summed E-state index contributed by atoms with van der Waals surface area (Å²) < 4.78 is 39.5. The molecule has 0 aliphatic carbocycles. The third-order valence-electron chi connectivity index (χ3n) is 3.12. The molecule has 2 N–H and O–H groups in total. The lowest BCUT2D eigenvalue weighted by Gasteiger charge is -2.11. The maximum Gasteiger partial charge on any atom is 0.433 e. The number of amides is 1. The molecule has 0 bridgehead atoms. The van der Waals surface area contributed by atoms with Gasteiger partial charge in [0.25, 0.3) is 5.91 Å². The second-order valence-electron chi connectivity index (χ2n) is 4.79. The first-order chi connectivity index (χ1) is 10.9. The van der Waals surface area contributed by atoms with Gasteiger partial charge in [-0.2, -0.15) is 18.3 Å². The molecule has 0 aliphatic heterocycles. The lowest BCUT2D eigenvalue weighted by Crippen LogP contribution is -2.31. The van der Waals surface area contributed by atoms with Crippen LogP contribution in [-0.4, -0.2) is 35.3 Å². The predicted molar refractivity (Wildman–Crippen MR) is 79.4 cm³/mol. The number of carbonyl (C=O) groups is 1. The van der Waals surface area contributed by atoms with Gasteiger partial charge in [0.1, 0.15) is 5.69 Å². The molecule has 124 valence electrons. The average Bonchev–Trinajstić information content (AvgIpc) is 3.01. The van der Waals surface area contributed by atoms with E-state index in [9.17, 15) is 18.0 Å². The van der Waals surface area contributed by atoms with Crippen molar-refractivity contribution in [1.82, 2.24) is 20.4 Å². The van der Waals surface area contributed by atoms with E-state index in [-0.39, 0.29) is 17.2 Å². The number of carbonyl (C=O) groups excluding carboxylic acids is 1. The summed E-state index contributed by atoms with van der Waals surface area (Å²) in [5, 5.41) is 9.45. The van der Waals surface area contributed by atoms with E-state index in [1.54, 1.807) is 6.07 Å². The Bertz CT molecular complexity index is 667. The van der Waals surface area contributed by atoms with Gasteiger partial charge in [-0.1, -0.05) is 13.0 Å². The molecule has 0 saturated heterocycles. The molecule has 0 unspecified atom stereocenters. The first-order valence-corrected chi connectivity index (χ1v) is 7.14. The summed E-state index contributed by atoms with van der Waals surface area (Å²) >= 11 is 0. The third-order valence-corrected chi connectivity index (χ3v) is 3.12. The van der Waals surface area contributed by atoms with Crippen molar-refractivity contribution >= 4 is 5.91 Å². The van der Waals surface area contributed by atoms with Crippen molar-refractivity contribution < 1.29 is 18.0 Å². The lowest BCUT2D eigenvalue weighted by molar-refractivity contribution is -0.142. The highest BCUT2D eigenvalue weighted by Crippen LogP contribution is 2.30. The fourth-order valence-corrected chi connectivity index (χ4v) is 2.05. The number of rotatable bonds is 6. The van der Waals surface area contributed by atoms with E-state index in [1.165, 1.54) is 18.2 Å². The summed E-state index contributed by atoms with van der Waals surface area (Å²) in [5.41, 5.74) is -0.425. The number of halogens is 3. The number of alkyl halides is 3. The fourth-order valence-electron chi connectivity index (χ4n) is 2.05. The average molecular weight is 326 g/mol. The molecule has 0 aliphatic rings. The molecule has 1 heterocycles. The Balaban J connectivity index is 2.17. The van der Waals surface area contributed by atoms with Crippen molar-refractivity contribution in [2.75, 3.05) is 19.6 Å². The number of nitrogens with zero attached hydrogens (tertiary/aromatic N) is 2. The van der Waals surface area contributed by atoms with Crippen LogP contribution in [0.4, 0.5) is 13.2 Å². The molecule has 0 atom stereocenters. The van der Waals surface area contributed by atoms with Crippen molar-refractivity contribution in [3.8, 4) is 5.69 Å². The van der Waals surface area contributed by atoms with E-state index in [1.807, 2.05) is 6.92 Å². The van der Waals surface area contributed by atoms with Gasteiger partial charge in [-0.15, -0.1) is 0 Å². The van der Waals surface area contributed by atoms with E-state index in [2.05, 4.69) is 15.7 Å². The van der Waals surface area contributed by atoms with Crippen LogP contribution in [0.1, 0.15) is 23.0 Å². The SMILES string of the molecule is CCNCCNC(=O)c1cccc(-n2nccc2C(F)(F)F)c1. The zero-order valence-electron chi connectivity index (χ0n) is 12.5. The Morgan fingerprint density at radius 1 is 1.26 bits per heavy atom. The van der Waals surface area contributed by atoms with Crippen LogP contribution in [0, 0.1) is 0 Å². The Morgan fingerprint density at radius 2 is 2.04 bits per heavy atom. The van der Waals surface area contributed by atoms with Crippen molar-refractivity contribution in [3.05, 3.63) is 47.8 Å². The van der Waals surface area contributed by atoms with Crippen LogP contribution in [0.15, 0.2) is 36.5 Å². The van der Waals surface area contributed by atoms with Gasteiger partial charge in [-0.3, -0.25) is 4.79 Å². The zero-order valence-corrected chi connectivity index (χ0v) is 12.5. The zero-order chi connectivity index (χ0) is 16.9. The molecule has 1 aromatic heterocycles. The topological polar surface area (TPSA) is 58.9 Å². The lowest BCUT2D eigenvalue weighted by atomic mass is 10.2. The van der Waals surface area contributed by atoms with Crippen LogP contribution >= 0.6 is 0 Å². The van der Waals surface area contributed by atoms with Gasteiger partial charge < -0.3 is 10.6 Å². The summed E-state index contributed by atoms with van der Waals surface area (Å²) in [6.07, 6.45) is -3.44. The number of benzene rings is 1. The monoisotopic (exact) mass is 326 g/mol. The molecule has 23 heavy (non-hydrogen) atoms. The summed E-state index contributed by atoms with van der Waals surface area (Å²) in [7, 11) is 0. The summed E-state index contributed by atoms with van der Waals surface area (Å²) in [6.45, 7) is 3.81. The molecule has 1 aromatic carbocycles. The maximum atomic E-state index is 12.9. The molecular formula is C15H17F3N4O. The molecule has 0 saturated carbocycles. The Labute approximate surface area is 131 Å². The molecule has 5 nitrogen and oxygen atoms in total. The minimum atomic E-state index is -4.51. The van der Waals surface area contributed by atoms with Crippen LogP contribution in [0.25, 0.3) is 5.69 Å². The van der Waals surface area contributed by atoms with Gasteiger partial charge in [0.15, 0.2) is 0 Å². The van der Waals surface area contributed by atoms with Crippen LogP contribution < -0.4 is 10.6 Å². The van der Waals surface area contributed by atoms with E-state index < -0.39 is 11.9 Å². The van der Waals surface area contributed by atoms with Crippen LogP contribution in [0.2, 0.25) is 0 Å². The molecule has 0 fully saturated rings. The Morgan fingerprint density at radius 3 is 2.74 bits per heavy atom. The van der Waals surface area contributed by atoms with Gasteiger partial charge in [0, 0.05) is 18.7 Å². The van der Waals surface area contributed by atoms with Crippen LogP contribution in [-0.2, 0) is 6.18 Å². The van der Waals surface area contributed by atoms with Crippen molar-refractivity contribution in [3.63, 3.8) is 0 Å². The molecule has 0 spiro atoms. The van der Waals surface area contributed by atoms with E-state index in [0.29, 0.717) is 13.1 Å². The standard InChI is InChI=1S/C15H17F3N4O/c1-2-19-8-9-20-14(23)11-4-3-5-12(10-11)22-13(6-7-21-22)15(16,17)18/h3-7,10,19H,2,8-9H2,1H3,(H,20,23). The van der Waals surface area contributed by atoms with Gasteiger partial charge in [0.2, 0.25) is 0 Å². The Kier molecular flexibility index (Phi) is 5.38. The highest BCUT2D eigenvalue weighted by Gasteiger charge is 2.35. The summed E-state index contributed by atoms with van der Waals surface area (Å²) in [5.74, 6) is -0.342. The Hall–Kier alpha value is -2.35. The molecular weight excluding hydrogens is 309 g/mol. The fraction of sp³-hybridized carbons (Fsp3) is 0.333. The predicted octanol–water partition coefficient (Wildman–Crippen LogP) is 2.23. The van der Waals surface area contributed by atoms with E-state index in [0.717, 1.165) is 23.5 Å². The number of likely N-dealkylation sites (N-methyl/N-ethyl adjacent to an activating group) is 1. The number of nitrogens with one attached hydrogen (secondary N) is 2. The van der Waals surface area contributed by atoms with Gasteiger partial charge >= 0.3 is 6.18 Å². The van der Waals surface area contributed by atoms with Gasteiger partial charge in [-0.25, -0.2) is 4.68 Å². The molecule has 2 aromatic rings. The highest BCUT2D eigenvalue weighted by molar-refractivity contribution is 5.94. The smallest absolute Gasteiger partial charge is 0.351 e. The van der Waals surface area contributed by atoms with Crippen LogP contribution in [0.5, 0.6) is 0 Å². The molecule has 2 rings (SSSR count). The van der Waals surface area contributed by atoms with Crippen molar-refractivity contribution in [2.45, 2.75) is 13.1 Å². The van der Waals surface area contributed by atoms with E-state index >= 15 is 0 Å². The van der Waals surface area contributed by atoms with Crippen LogP contribution in [0.3, 0.4) is 0 Å². The summed E-state index contributed by atoms with van der Waals surface area (Å²) in [4.78, 5) is 12.0. The second-order valence-corrected chi connectivity index (χ2v) is 4.79. The number of hydrogen-bond acceptors (Lipinski definition) is 3. The first-order valence-electron chi connectivity index (χ1n) is 7.14. The highest BCUT2D eigenvalue weighted by atomic mass is 19.4.